The van der Waals surface area contributed by atoms with Crippen LogP contribution in [0.5, 0.6) is 5.75 Å². The summed E-state index contributed by atoms with van der Waals surface area (Å²) in [5, 5.41) is 0.529. The van der Waals surface area contributed by atoms with Gasteiger partial charge in [-0.1, -0.05) is 23.7 Å². The SMILES string of the molecule is O=C(c1ccc(Br)c(Cl)c1)c1cccc2c1OCCC2. The highest BCUT2D eigenvalue weighted by atomic mass is 79.9. The Balaban J connectivity index is 2.04. The van der Waals surface area contributed by atoms with E-state index in [0.29, 0.717) is 22.8 Å². The summed E-state index contributed by atoms with van der Waals surface area (Å²) in [6.45, 7) is 0.665. The third-order valence-electron chi connectivity index (χ3n) is 3.36. The van der Waals surface area contributed by atoms with Crippen LogP contribution in [0, 0.1) is 0 Å². The van der Waals surface area contributed by atoms with Gasteiger partial charge in [0.05, 0.1) is 17.2 Å². The van der Waals surface area contributed by atoms with E-state index < -0.39 is 0 Å². The molecule has 1 aliphatic rings. The normalized spacial score (nSPS) is 13.5. The number of hydrogen-bond acceptors (Lipinski definition) is 2. The van der Waals surface area contributed by atoms with E-state index in [2.05, 4.69) is 15.9 Å². The molecule has 2 aromatic carbocycles. The number of benzene rings is 2. The molecule has 0 unspecified atom stereocenters. The van der Waals surface area contributed by atoms with Gasteiger partial charge in [-0.3, -0.25) is 4.79 Å². The molecule has 0 N–H and O–H groups in total. The van der Waals surface area contributed by atoms with Gasteiger partial charge in [0, 0.05) is 10.0 Å². The van der Waals surface area contributed by atoms with Gasteiger partial charge in [-0.05, 0) is 58.6 Å². The van der Waals surface area contributed by atoms with Crippen LogP contribution in [0.2, 0.25) is 5.02 Å². The Morgan fingerprint density at radius 2 is 2.10 bits per heavy atom. The van der Waals surface area contributed by atoms with Gasteiger partial charge in [-0.25, -0.2) is 0 Å². The average Bonchev–Trinajstić information content (AvgIpc) is 2.49. The van der Waals surface area contributed by atoms with Gasteiger partial charge in [-0.15, -0.1) is 0 Å². The molecule has 2 nitrogen and oxygen atoms in total. The van der Waals surface area contributed by atoms with Gasteiger partial charge in [0.1, 0.15) is 5.75 Å². The maximum atomic E-state index is 12.6. The molecule has 1 aliphatic heterocycles. The fraction of sp³-hybridized carbons (Fsp3) is 0.188. The average molecular weight is 352 g/mol. The first-order valence-electron chi connectivity index (χ1n) is 6.41. The Bertz CT molecular complexity index is 682. The van der Waals surface area contributed by atoms with Crippen LogP contribution in [0.15, 0.2) is 40.9 Å². The number of halogens is 2. The van der Waals surface area contributed by atoms with Crippen molar-refractivity contribution in [2.24, 2.45) is 0 Å². The Morgan fingerprint density at radius 3 is 2.90 bits per heavy atom. The van der Waals surface area contributed by atoms with Crippen LogP contribution in [0.4, 0.5) is 0 Å². The molecule has 3 rings (SSSR count). The first kappa shape index (κ1) is 13.7. The summed E-state index contributed by atoms with van der Waals surface area (Å²) in [4.78, 5) is 12.6. The van der Waals surface area contributed by atoms with E-state index in [-0.39, 0.29) is 5.78 Å². The summed E-state index contributed by atoms with van der Waals surface area (Å²) in [6.07, 6.45) is 1.95. The van der Waals surface area contributed by atoms with E-state index in [1.54, 1.807) is 18.2 Å². The zero-order valence-electron chi connectivity index (χ0n) is 10.7. The summed E-state index contributed by atoms with van der Waals surface area (Å²) in [7, 11) is 0. The minimum atomic E-state index is -0.0573. The number of para-hydroxylation sites is 1. The molecule has 1 heterocycles. The summed E-state index contributed by atoms with van der Waals surface area (Å²) < 4.78 is 6.47. The Hall–Kier alpha value is -1.32. The first-order valence-corrected chi connectivity index (χ1v) is 7.58. The van der Waals surface area contributed by atoms with Crippen molar-refractivity contribution in [3.63, 3.8) is 0 Å². The van der Waals surface area contributed by atoms with E-state index >= 15 is 0 Å². The number of ether oxygens (including phenoxy) is 1. The third-order valence-corrected chi connectivity index (χ3v) is 4.59. The molecular formula is C16H12BrClO2. The largest absolute Gasteiger partial charge is 0.493 e. The van der Waals surface area contributed by atoms with Crippen molar-refractivity contribution in [2.45, 2.75) is 12.8 Å². The third kappa shape index (κ3) is 2.48. The van der Waals surface area contributed by atoms with Gasteiger partial charge in [0.25, 0.3) is 0 Å². The topological polar surface area (TPSA) is 26.3 Å². The van der Waals surface area contributed by atoms with Crippen molar-refractivity contribution in [1.29, 1.82) is 0 Å². The number of fused-ring (bicyclic) bond motifs is 1. The quantitative estimate of drug-likeness (QED) is 0.736. The van der Waals surface area contributed by atoms with Gasteiger partial charge in [-0.2, -0.15) is 0 Å². The second-order valence-corrected chi connectivity index (χ2v) is 5.97. The number of carbonyl (C=O) groups excluding carboxylic acids is 1. The molecule has 0 aromatic heterocycles. The summed E-state index contributed by atoms with van der Waals surface area (Å²) >= 11 is 9.39. The monoisotopic (exact) mass is 350 g/mol. The Kier molecular flexibility index (Phi) is 3.81. The molecule has 0 aliphatic carbocycles. The van der Waals surface area contributed by atoms with Crippen LogP contribution in [-0.2, 0) is 6.42 Å². The van der Waals surface area contributed by atoms with Crippen LogP contribution in [0.3, 0.4) is 0 Å². The molecule has 0 radical (unpaired) electrons. The molecule has 0 fully saturated rings. The second kappa shape index (κ2) is 5.58. The van der Waals surface area contributed by atoms with E-state index in [0.717, 1.165) is 28.6 Å². The predicted octanol–water partition coefficient (Wildman–Crippen LogP) is 4.66. The number of aryl methyl sites for hydroxylation is 1. The van der Waals surface area contributed by atoms with E-state index in [4.69, 9.17) is 16.3 Å². The minimum Gasteiger partial charge on any atom is -0.493 e. The number of rotatable bonds is 2. The lowest BCUT2D eigenvalue weighted by molar-refractivity contribution is 0.103. The van der Waals surface area contributed by atoms with Gasteiger partial charge in [0.2, 0.25) is 0 Å². The van der Waals surface area contributed by atoms with Crippen LogP contribution >= 0.6 is 27.5 Å². The molecule has 0 saturated carbocycles. The zero-order chi connectivity index (χ0) is 14.1. The summed E-state index contributed by atoms with van der Waals surface area (Å²) in [5.41, 5.74) is 2.28. The number of ketones is 1. The molecule has 4 heteroatoms. The van der Waals surface area contributed by atoms with Crippen molar-refractivity contribution in [3.8, 4) is 5.75 Å². The van der Waals surface area contributed by atoms with Crippen LogP contribution in [0.25, 0.3) is 0 Å². The smallest absolute Gasteiger partial charge is 0.196 e. The maximum Gasteiger partial charge on any atom is 0.196 e. The fourth-order valence-electron chi connectivity index (χ4n) is 2.36. The lowest BCUT2D eigenvalue weighted by atomic mass is 9.97. The van der Waals surface area contributed by atoms with Gasteiger partial charge >= 0.3 is 0 Å². The zero-order valence-corrected chi connectivity index (χ0v) is 13.0. The molecule has 2 aromatic rings. The van der Waals surface area contributed by atoms with Crippen LogP contribution in [0.1, 0.15) is 27.9 Å². The predicted molar refractivity (Wildman–Crippen MR) is 82.8 cm³/mol. The molecular weight excluding hydrogens is 340 g/mol. The number of hydrogen-bond donors (Lipinski definition) is 0. The summed E-state index contributed by atoms with van der Waals surface area (Å²) in [6, 6.07) is 11.0. The van der Waals surface area contributed by atoms with Crippen molar-refractivity contribution >= 4 is 33.3 Å². The maximum absolute atomic E-state index is 12.6. The Morgan fingerprint density at radius 1 is 1.25 bits per heavy atom. The molecule has 20 heavy (non-hydrogen) atoms. The molecule has 0 amide bonds. The lowest BCUT2D eigenvalue weighted by Gasteiger charge is -2.19. The highest BCUT2D eigenvalue weighted by molar-refractivity contribution is 9.10. The standard InChI is InChI=1S/C16H12BrClO2/c17-13-7-6-11(9-14(13)18)15(19)12-5-1-3-10-4-2-8-20-16(10)12/h1,3,5-7,9H,2,4,8H2. The molecule has 0 bridgehead atoms. The lowest BCUT2D eigenvalue weighted by Crippen LogP contribution is -2.13. The summed E-state index contributed by atoms with van der Waals surface area (Å²) in [5.74, 6) is 0.668. The van der Waals surface area contributed by atoms with Gasteiger partial charge in [0.15, 0.2) is 5.78 Å². The van der Waals surface area contributed by atoms with Gasteiger partial charge < -0.3 is 4.74 Å². The molecule has 0 saturated heterocycles. The highest BCUT2D eigenvalue weighted by Gasteiger charge is 2.20. The van der Waals surface area contributed by atoms with Crippen LogP contribution in [-0.4, -0.2) is 12.4 Å². The second-order valence-electron chi connectivity index (χ2n) is 4.70. The van der Waals surface area contributed by atoms with E-state index in [1.165, 1.54) is 0 Å². The van der Waals surface area contributed by atoms with Crippen molar-refractivity contribution < 1.29 is 9.53 Å². The van der Waals surface area contributed by atoms with E-state index in [1.807, 2.05) is 18.2 Å². The van der Waals surface area contributed by atoms with E-state index in [9.17, 15) is 4.79 Å². The molecule has 0 spiro atoms. The minimum absolute atomic E-state index is 0.0573. The molecule has 0 atom stereocenters. The molecule has 102 valence electrons. The van der Waals surface area contributed by atoms with Crippen LogP contribution < -0.4 is 4.74 Å². The van der Waals surface area contributed by atoms with Crippen molar-refractivity contribution in [1.82, 2.24) is 0 Å². The highest BCUT2D eigenvalue weighted by Crippen LogP contribution is 2.31. The fourth-order valence-corrected chi connectivity index (χ4v) is 2.79. The van der Waals surface area contributed by atoms with Crippen molar-refractivity contribution in [3.05, 3.63) is 62.6 Å². The Labute approximate surface area is 130 Å². The first-order chi connectivity index (χ1) is 9.66. The van der Waals surface area contributed by atoms with Crippen molar-refractivity contribution in [2.75, 3.05) is 6.61 Å². The number of carbonyl (C=O) groups is 1.